The zero-order valence-corrected chi connectivity index (χ0v) is 32.1. The molecule has 1 atom stereocenters. The Balaban J connectivity index is 4.09. The van der Waals surface area contributed by atoms with E-state index in [1.165, 1.54) is 148 Å². The van der Waals surface area contributed by atoms with Gasteiger partial charge in [-0.05, 0) is 38.5 Å². The van der Waals surface area contributed by atoms with Crippen LogP contribution in [0.1, 0.15) is 239 Å². The minimum Gasteiger partial charge on any atom is -0.480 e. The van der Waals surface area contributed by atoms with Gasteiger partial charge in [0.15, 0.2) is 0 Å². The van der Waals surface area contributed by atoms with Gasteiger partial charge in [0, 0.05) is 12.8 Å². The van der Waals surface area contributed by atoms with Crippen molar-refractivity contribution in [3.63, 3.8) is 0 Å². The molecule has 0 aromatic rings. The van der Waals surface area contributed by atoms with Gasteiger partial charge in [-0.1, -0.05) is 187 Å². The Hall–Kier alpha value is -1.59. The van der Waals surface area contributed by atoms with Crippen molar-refractivity contribution in [2.45, 2.75) is 245 Å². The first-order valence-electron chi connectivity index (χ1n) is 21.2. The molecule has 0 saturated carbocycles. The summed E-state index contributed by atoms with van der Waals surface area (Å²) < 4.78 is 6.03. The number of amides is 1. The van der Waals surface area contributed by atoms with Crippen LogP contribution in [-0.4, -0.2) is 35.6 Å². The number of carbonyl (C=O) groups excluding carboxylic acids is 2. The van der Waals surface area contributed by atoms with Crippen molar-refractivity contribution in [2.75, 3.05) is 6.54 Å². The van der Waals surface area contributed by atoms with Crippen molar-refractivity contribution < 1.29 is 24.2 Å². The first-order valence-corrected chi connectivity index (χ1v) is 21.2. The Morgan fingerprint density at radius 2 is 0.771 bits per heavy atom. The van der Waals surface area contributed by atoms with E-state index in [0.29, 0.717) is 12.8 Å². The van der Waals surface area contributed by atoms with E-state index in [-0.39, 0.29) is 24.5 Å². The van der Waals surface area contributed by atoms with Gasteiger partial charge < -0.3 is 15.2 Å². The SMILES string of the molecule is CCCCCCCCCCCCCCCCCC(=O)OC(CCCCCCCCCCCCC)CCCCCCCC(=O)NCC(=O)O. The van der Waals surface area contributed by atoms with Gasteiger partial charge in [-0.2, -0.15) is 0 Å². The first-order chi connectivity index (χ1) is 23.5. The molecule has 284 valence electrons. The molecule has 0 aliphatic heterocycles. The van der Waals surface area contributed by atoms with E-state index >= 15 is 0 Å². The zero-order chi connectivity index (χ0) is 35.2. The first kappa shape index (κ1) is 46.4. The Morgan fingerprint density at radius 3 is 1.12 bits per heavy atom. The molecule has 0 heterocycles. The summed E-state index contributed by atoms with van der Waals surface area (Å²) in [4.78, 5) is 35.0. The Morgan fingerprint density at radius 1 is 0.458 bits per heavy atom. The van der Waals surface area contributed by atoms with Gasteiger partial charge in [-0.25, -0.2) is 0 Å². The van der Waals surface area contributed by atoms with Crippen molar-refractivity contribution in [1.82, 2.24) is 5.32 Å². The van der Waals surface area contributed by atoms with E-state index in [2.05, 4.69) is 19.2 Å². The van der Waals surface area contributed by atoms with Gasteiger partial charge in [0.2, 0.25) is 5.91 Å². The largest absolute Gasteiger partial charge is 0.480 e. The molecule has 1 unspecified atom stereocenters. The molecule has 0 spiro atoms. The Bertz CT molecular complexity index is 712. The summed E-state index contributed by atoms with van der Waals surface area (Å²) in [5.41, 5.74) is 0. The fourth-order valence-corrected chi connectivity index (χ4v) is 6.63. The highest BCUT2D eigenvalue weighted by molar-refractivity contribution is 5.80. The molecule has 48 heavy (non-hydrogen) atoms. The normalized spacial score (nSPS) is 11.9. The molecule has 1 amide bonds. The molecular formula is C42H81NO5. The molecule has 0 aromatic carbocycles. The van der Waals surface area contributed by atoms with Gasteiger partial charge >= 0.3 is 11.9 Å². The van der Waals surface area contributed by atoms with Crippen LogP contribution >= 0.6 is 0 Å². The molecule has 0 aromatic heterocycles. The third-order valence-electron chi connectivity index (χ3n) is 9.78. The van der Waals surface area contributed by atoms with Crippen LogP contribution in [0.3, 0.4) is 0 Å². The maximum atomic E-state index is 12.7. The number of hydrogen-bond donors (Lipinski definition) is 2. The van der Waals surface area contributed by atoms with E-state index in [4.69, 9.17) is 9.84 Å². The van der Waals surface area contributed by atoms with E-state index in [1.807, 2.05) is 0 Å². The lowest BCUT2D eigenvalue weighted by Crippen LogP contribution is -2.28. The average Bonchev–Trinajstić information content (AvgIpc) is 3.07. The van der Waals surface area contributed by atoms with Crippen molar-refractivity contribution in [3.05, 3.63) is 0 Å². The monoisotopic (exact) mass is 680 g/mol. The number of rotatable bonds is 39. The van der Waals surface area contributed by atoms with Crippen molar-refractivity contribution in [1.29, 1.82) is 0 Å². The summed E-state index contributed by atoms with van der Waals surface area (Å²) in [6.45, 7) is 4.24. The second-order valence-corrected chi connectivity index (χ2v) is 14.6. The Kier molecular flexibility index (Phi) is 36.9. The third-order valence-corrected chi connectivity index (χ3v) is 9.78. The number of ether oxygens (including phenoxy) is 1. The van der Waals surface area contributed by atoms with Crippen LogP contribution in [0.5, 0.6) is 0 Å². The highest BCUT2D eigenvalue weighted by Gasteiger charge is 2.14. The highest BCUT2D eigenvalue weighted by Crippen LogP contribution is 2.19. The second kappa shape index (κ2) is 38.2. The van der Waals surface area contributed by atoms with Crippen LogP contribution in [0.2, 0.25) is 0 Å². The van der Waals surface area contributed by atoms with Gasteiger partial charge in [-0.3, -0.25) is 14.4 Å². The number of nitrogens with one attached hydrogen (secondary N) is 1. The molecule has 0 rings (SSSR count). The van der Waals surface area contributed by atoms with Gasteiger partial charge in [-0.15, -0.1) is 0 Å². The standard InChI is InChI=1S/C42H81NO5/c1-3-5-7-9-11-13-15-16-17-18-20-22-24-29-33-37-42(47)48-39(34-30-26-23-21-19-14-12-10-8-6-4-2)35-31-27-25-28-32-36-40(44)43-38-41(45)46/h39H,3-38H2,1-2H3,(H,43,44)(H,45,46). The fraction of sp³-hybridized carbons (Fsp3) is 0.929. The van der Waals surface area contributed by atoms with Gasteiger partial charge in [0.1, 0.15) is 12.6 Å². The maximum absolute atomic E-state index is 12.7. The number of aliphatic carboxylic acids is 1. The van der Waals surface area contributed by atoms with Gasteiger partial charge in [0.25, 0.3) is 0 Å². The number of hydrogen-bond acceptors (Lipinski definition) is 4. The molecule has 0 saturated heterocycles. The van der Waals surface area contributed by atoms with Crippen LogP contribution in [-0.2, 0) is 19.1 Å². The minimum atomic E-state index is -1.01. The van der Waals surface area contributed by atoms with Crippen molar-refractivity contribution in [2.24, 2.45) is 0 Å². The van der Waals surface area contributed by atoms with E-state index < -0.39 is 5.97 Å². The molecule has 0 aliphatic rings. The topological polar surface area (TPSA) is 92.7 Å². The van der Waals surface area contributed by atoms with Crippen molar-refractivity contribution in [3.8, 4) is 0 Å². The summed E-state index contributed by atoms with van der Waals surface area (Å²) >= 11 is 0. The number of carboxylic acids is 1. The summed E-state index contributed by atoms with van der Waals surface area (Å²) in [7, 11) is 0. The zero-order valence-electron chi connectivity index (χ0n) is 32.1. The number of esters is 1. The Labute approximate surface area is 298 Å². The predicted molar refractivity (Wildman–Crippen MR) is 203 cm³/mol. The summed E-state index contributed by atoms with van der Waals surface area (Å²) in [5, 5.41) is 11.1. The second-order valence-electron chi connectivity index (χ2n) is 14.6. The summed E-state index contributed by atoms with van der Waals surface area (Å²) in [6, 6.07) is 0. The molecule has 6 heteroatoms. The lowest BCUT2D eigenvalue weighted by molar-refractivity contribution is -0.150. The highest BCUT2D eigenvalue weighted by atomic mass is 16.5. The molecule has 0 bridgehead atoms. The van der Waals surface area contributed by atoms with Crippen LogP contribution in [0, 0.1) is 0 Å². The van der Waals surface area contributed by atoms with E-state index in [9.17, 15) is 14.4 Å². The number of unbranched alkanes of at least 4 members (excludes halogenated alkanes) is 28. The molecule has 6 nitrogen and oxygen atoms in total. The lowest BCUT2D eigenvalue weighted by Gasteiger charge is -2.18. The van der Waals surface area contributed by atoms with Crippen molar-refractivity contribution >= 4 is 17.8 Å². The molecule has 2 N–H and O–H groups in total. The average molecular weight is 680 g/mol. The van der Waals surface area contributed by atoms with Crippen LogP contribution in [0.25, 0.3) is 0 Å². The predicted octanol–water partition coefficient (Wildman–Crippen LogP) is 12.8. The summed E-state index contributed by atoms with van der Waals surface area (Å²) in [5.74, 6) is -1.21. The van der Waals surface area contributed by atoms with E-state index in [0.717, 1.165) is 64.2 Å². The third kappa shape index (κ3) is 37.2. The smallest absolute Gasteiger partial charge is 0.322 e. The van der Waals surface area contributed by atoms with Crippen LogP contribution < -0.4 is 5.32 Å². The molecular weight excluding hydrogens is 598 g/mol. The molecule has 0 radical (unpaired) electrons. The summed E-state index contributed by atoms with van der Waals surface area (Å²) in [6.07, 6.45) is 42.2. The fourth-order valence-electron chi connectivity index (χ4n) is 6.63. The quantitative estimate of drug-likeness (QED) is 0.0498. The van der Waals surface area contributed by atoms with Crippen LogP contribution in [0.4, 0.5) is 0 Å². The minimum absolute atomic E-state index is 0.00913. The molecule has 0 fully saturated rings. The number of carbonyl (C=O) groups is 3. The number of carboxylic acid groups (broad SMARTS) is 1. The lowest BCUT2D eigenvalue weighted by atomic mass is 10.0. The van der Waals surface area contributed by atoms with Gasteiger partial charge in [0.05, 0.1) is 0 Å². The van der Waals surface area contributed by atoms with E-state index in [1.54, 1.807) is 0 Å². The molecule has 0 aliphatic carbocycles. The maximum Gasteiger partial charge on any atom is 0.322 e. The van der Waals surface area contributed by atoms with Crippen LogP contribution in [0.15, 0.2) is 0 Å².